The predicted octanol–water partition coefficient (Wildman–Crippen LogP) is 0.514. The van der Waals surface area contributed by atoms with Crippen LogP contribution < -0.4 is 11.5 Å². The fourth-order valence-electron chi connectivity index (χ4n) is 1.95. The quantitative estimate of drug-likeness (QED) is 0.540. The molecule has 0 aromatic heterocycles. The van der Waals surface area contributed by atoms with Crippen LogP contribution in [0.1, 0.15) is 19.3 Å². The summed E-state index contributed by atoms with van der Waals surface area (Å²) in [6.07, 6.45) is 3.72. The van der Waals surface area contributed by atoms with Crippen molar-refractivity contribution in [3.05, 3.63) is 0 Å². The second kappa shape index (κ2) is 2.40. The molecule has 4 atom stereocenters. The van der Waals surface area contributed by atoms with Crippen molar-refractivity contribution in [2.24, 2.45) is 17.4 Å². The molecule has 1 aliphatic heterocycles. The Labute approximate surface area is 65.7 Å². The Morgan fingerprint density at radius 3 is 2.70 bits per heavy atom. The first-order chi connectivity index (χ1) is 4.77. The van der Waals surface area contributed by atoms with Crippen LogP contribution in [0.5, 0.6) is 0 Å². The molecule has 0 aromatic carbocycles. The molecule has 2 nitrogen and oxygen atoms in total. The molecule has 0 aromatic rings. The smallest absolute Gasteiger partial charge is 0.0539 e. The molecule has 4 unspecified atom stereocenters. The molecule has 1 saturated carbocycles. The minimum absolute atomic E-state index is 0.388. The minimum atomic E-state index is 0.388. The summed E-state index contributed by atoms with van der Waals surface area (Å²) in [5, 5.41) is 1.06. The normalized spacial score (nSPS) is 53.4. The molecule has 2 rings (SSSR count). The van der Waals surface area contributed by atoms with Gasteiger partial charge in [-0.2, -0.15) is 0 Å². The summed E-state index contributed by atoms with van der Waals surface area (Å²) in [5.41, 5.74) is 11.8. The molecule has 4 N–H and O–H groups in total. The Kier molecular flexibility index (Phi) is 1.66. The molecule has 2 bridgehead atoms. The number of hydrogen-bond donors (Lipinski definition) is 2. The molecule has 1 heterocycles. The van der Waals surface area contributed by atoms with Crippen LogP contribution in [0.25, 0.3) is 0 Å². The van der Waals surface area contributed by atoms with E-state index >= 15 is 0 Å². The van der Waals surface area contributed by atoms with Gasteiger partial charge in [0.05, 0.1) is 5.37 Å². The summed E-state index contributed by atoms with van der Waals surface area (Å²) in [6.45, 7) is 0. The fourth-order valence-corrected chi connectivity index (χ4v) is 3.52. The number of thioether (sulfide) groups is 1. The highest BCUT2D eigenvalue weighted by atomic mass is 32.2. The van der Waals surface area contributed by atoms with Gasteiger partial charge in [-0.1, -0.05) is 0 Å². The summed E-state index contributed by atoms with van der Waals surface area (Å²) in [5.74, 6) is 0.773. The van der Waals surface area contributed by atoms with Gasteiger partial charge < -0.3 is 11.5 Å². The van der Waals surface area contributed by atoms with Crippen LogP contribution in [0.3, 0.4) is 0 Å². The Hall–Kier alpha value is 0.270. The maximum Gasteiger partial charge on any atom is 0.0539 e. The highest BCUT2D eigenvalue weighted by molar-refractivity contribution is 8.00. The summed E-state index contributed by atoms with van der Waals surface area (Å²) >= 11 is 1.90. The third-order valence-corrected chi connectivity index (χ3v) is 4.27. The van der Waals surface area contributed by atoms with Gasteiger partial charge in [0, 0.05) is 11.3 Å². The SMILES string of the molecule is NC1CCC2CC1SC2N. The standard InChI is InChI=1S/C7H14N2S/c8-5-2-1-4-3-6(5)10-7(4)9/h4-7H,1-3,8-9H2. The van der Waals surface area contributed by atoms with Crippen LogP contribution >= 0.6 is 11.8 Å². The Balaban J connectivity index is 2.08. The van der Waals surface area contributed by atoms with E-state index in [1.165, 1.54) is 19.3 Å². The van der Waals surface area contributed by atoms with E-state index in [-0.39, 0.29) is 0 Å². The molecule has 10 heavy (non-hydrogen) atoms. The Bertz CT molecular complexity index is 138. The van der Waals surface area contributed by atoms with Crippen molar-refractivity contribution < 1.29 is 0 Å². The van der Waals surface area contributed by atoms with Crippen molar-refractivity contribution in [2.75, 3.05) is 0 Å². The van der Waals surface area contributed by atoms with Gasteiger partial charge in [0.2, 0.25) is 0 Å². The van der Waals surface area contributed by atoms with E-state index in [1.54, 1.807) is 0 Å². The number of nitrogens with two attached hydrogens (primary N) is 2. The van der Waals surface area contributed by atoms with E-state index in [4.69, 9.17) is 11.5 Å². The van der Waals surface area contributed by atoms with E-state index in [9.17, 15) is 0 Å². The van der Waals surface area contributed by atoms with Gasteiger partial charge in [-0.15, -0.1) is 11.8 Å². The topological polar surface area (TPSA) is 52.0 Å². The van der Waals surface area contributed by atoms with E-state index in [2.05, 4.69) is 0 Å². The molecule has 2 aliphatic rings. The van der Waals surface area contributed by atoms with Crippen LogP contribution in [0, 0.1) is 5.92 Å². The molecule has 3 heteroatoms. The lowest BCUT2D eigenvalue weighted by atomic mass is 9.87. The van der Waals surface area contributed by atoms with E-state index in [0.717, 1.165) is 5.92 Å². The van der Waals surface area contributed by atoms with Crippen molar-refractivity contribution in [1.29, 1.82) is 0 Å². The molecule has 0 radical (unpaired) electrons. The van der Waals surface area contributed by atoms with Crippen molar-refractivity contribution in [3.63, 3.8) is 0 Å². The highest BCUT2D eigenvalue weighted by Crippen LogP contribution is 2.44. The van der Waals surface area contributed by atoms with Crippen molar-refractivity contribution >= 4 is 11.8 Å². The van der Waals surface area contributed by atoms with E-state index in [1.807, 2.05) is 11.8 Å². The second-order valence-corrected chi connectivity index (χ2v) is 4.80. The fraction of sp³-hybridized carbons (Fsp3) is 1.00. The minimum Gasteiger partial charge on any atom is -0.327 e. The zero-order valence-electron chi connectivity index (χ0n) is 5.99. The van der Waals surface area contributed by atoms with Crippen LogP contribution in [-0.2, 0) is 0 Å². The molecule has 0 amide bonds. The van der Waals surface area contributed by atoms with Gasteiger partial charge >= 0.3 is 0 Å². The average Bonchev–Trinajstić information content (AvgIpc) is 2.21. The summed E-state index contributed by atoms with van der Waals surface area (Å²) < 4.78 is 0. The summed E-state index contributed by atoms with van der Waals surface area (Å²) in [7, 11) is 0. The van der Waals surface area contributed by atoms with Crippen LogP contribution in [-0.4, -0.2) is 16.7 Å². The lowest BCUT2D eigenvalue weighted by molar-refractivity contribution is 0.355. The number of hydrogen-bond acceptors (Lipinski definition) is 3. The monoisotopic (exact) mass is 158 g/mol. The molecule has 0 spiro atoms. The van der Waals surface area contributed by atoms with Crippen LogP contribution in [0.15, 0.2) is 0 Å². The Morgan fingerprint density at radius 2 is 2.00 bits per heavy atom. The van der Waals surface area contributed by atoms with Crippen LogP contribution in [0.4, 0.5) is 0 Å². The average molecular weight is 158 g/mol. The maximum atomic E-state index is 5.90. The first kappa shape index (κ1) is 6.95. The molecule has 2 fully saturated rings. The third-order valence-electron chi connectivity index (χ3n) is 2.68. The zero-order valence-corrected chi connectivity index (χ0v) is 6.81. The van der Waals surface area contributed by atoms with Gasteiger partial charge in [0.15, 0.2) is 0 Å². The molecular formula is C7H14N2S. The first-order valence-corrected chi connectivity index (χ1v) is 4.88. The lowest BCUT2D eigenvalue weighted by Gasteiger charge is -2.23. The predicted molar refractivity (Wildman–Crippen MR) is 44.7 cm³/mol. The molecule has 1 aliphatic carbocycles. The van der Waals surface area contributed by atoms with E-state index in [0.29, 0.717) is 16.7 Å². The molecular weight excluding hydrogens is 144 g/mol. The highest BCUT2D eigenvalue weighted by Gasteiger charge is 2.39. The largest absolute Gasteiger partial charge is 0.327 e. The van der Waals surface area contributed by atoms with Gasteiger partial charge in [-0.05, 0) is 25.2 Å². The molecule has 58 valence electrons. The Morgan fingerprint density at radius 1 is 1.20 bits per heavy atom. The third kappa shape index (κ3) is 0.966. The first-order valence-electron chi connectivity index (χ1n) is 3.94. The lowest BCUT2D eigenvalue weighted by Crippen LogP contribution is -2.34. The zero-order chi connectivity index (χ0) is 7.14. The van der Waals surface area contributed by atoms with Crippen molar-refractivity contribution in [1.82, 2.24) is 0 Å². The number of rotatable bonds is 0. The van der Waals surface area contributed by atoms with Crippen molar-refractivity contribution in [3.8, 4) is 0 Å². The summed E-state index contributed by atoms with van der Waals surface area (Å²) in [6, 6.07) is 0.426. The van der Waals surface area contributed by atoms with Gasteiger partial charge in [-0.25, -0.2) is 0 Å². The van der Waals surface area contributed by atoms with Crippen LogP contribution in [0.2, 0.25) is 0 Å². The van der Waals surface area contributed by atoms with E-state index < -0.39 is 0 Å². The summed E-state index contributed by atoms with van der Waals surface area (Å²) in [4.78, 5) is 0. The molecule has 1 saturated heterocycles. The van der Waals surface area contributed by atoms with Crippen molar-refractivity contribution in [2.45, 2.75) is 35.9 Å². The second-order valence-electron chi connectivity index (χ2n) is 3.38. The maximum absolute atomic E-state index is 5.90. The number of fused-ring (bicyclic) bond motifs is 2. The van der Waals surface area contributed by atoms with Gasteiger partial charge in [0.25, 0.3) is 0 Å². The van der Waals surface area contributed by atoms with Gasteiger partial charge in [-0.3, -0.25) is 0 Å². The van der Waals surface area contributed by atoms with Gasteiger partial charge in [0.1, 0.15) is 0 Å².